The molecule has 0 aliphatic carbocycles. The molecule has 0 saturated heterocycles. The van der Waals surface area contributed by atoms with E-state index in [-0.39, 0.29) is 5.56 Å². The Bertz CT molecular complexity index is 298. The second-order valence-corrected chi connectivity index (χ2v) is 3.35. The Morgan fingerprint density at radius 2 is 1.71 bits per heavy atom. The van der Waals surface area contributed by atoms with Crippen LogP contribution in [0.25, 0.3) is 0 Å². The molecule has 0 bridgehead atoms. The summed E-state index contributed by atoms with van der Waals surface area (Å²) in [6.45, 7) is 0. The lowest BCUT2D eigenvalue weighted by molar-refractivity contribution is -0.152. The van der Waals surface area contributed by atoms with Crippen LogP contribution in [0.1, 0.15) is 11.6 Å². The third kappa shape index (κ3) is 2.80. The lowest BCUT2D eigenvalue weighted by Gasteiger charge is -2.19. The maximum atomic E-state index is 12.4. The Kier molecular flexibility index (Phi) is 3.69. The minimum Gasteiger partial charge on any atom is -0.251 e. The van der Waals surface area contributed by atoms with E-state index in [9.17, 15) is 13.2 Å². The van der Waals surface area contributed by atoms with Crippen LogP contribution in [0.3, 0.4) is 0 Å². The molecule has 6 heteroatoms. The van der Waals surface area contributed by atoms with Crippen molar-refractivity contribution in [2.24, 2.45) is 0 Å². The molecule has 0 radical (unpaired) electrons. The van der Waals surface area contributed by atoms with Gasteiger partial charge in [0.25, 0.3) is 0 Å². The van der Waals surface area contributed by atoms with Gasteiger partial charge in [-0.15, -0.1) is 0 Å². The highest BCUT2D eigenvalue weighted by Crippen LogP contribution is 2.33. The first-order chi connectivity index (χ1) is 6.45. The number of halogens is 4. The number of alkyl halides is 3. The Hall–Kier alpha value is -0.390. The molecule has 1 atom stereocenters. The van der Waals surface area contributed by atoms with Crippen LogP contribution in [0.2, 0.25) is 5.02 Å². The summed E-state index contributed by atoms with van der Waals surface area (Å²) in [5.41, 5.74) is 0.0805. The molecule has 0 saturated carbocycles. The van der Waals surface area contributed by atoms with Crippen molar-refractivity contribution in [1.29, 1.82) is 0 Å². The van der Waals surface area contributed by atoms with Crippen LogP contribution in [0, 0.1) is 0 Å². The van der Waals surface area contributed by atoms with Gasteiger partial charge in [-0.3, -0.25) is 4.72 Å². The maximum Gasteiger partial charge on any atom is 0.408 e. The minimum atomic E-state index is -4.37. The monoisotopic (exact) mass is 241 g/mol. The first-order valence-corrected chi connectivity index (χ1v) is 4.49. The number of hydrogen-bond donors (Lipinski definition) is 2. The van der Waals surface area contributed by atoms with Crippen LogP contribution in [0.15, 0.2) is 24.3 Å². The molecule has 1 aromatic carbocycles. The third-order valence-electron chi connectivity index (χ3n) is 1.66. The highest BCUT2D eigenvalue weighted by atomic mass is 35.5. The summed E-state index contributed by atoms with van der Waals surface area (Å²) >= 11 is 9.00. The van der Waals surface area contributed by atoms with Crippen molar-refractivity contribution in [2.75, 3.05) is 0 Å². The summed E-state index contributed by atoms with van der Waals surface area (Å²) in [6, 6.07) is 3.65. The van der Waals surface area contributed by atoms with Gasteiger partial charge < -0.3 is 0 Å². The summed E-state index contributed by atoms with van der Waals surface area (Å²) in [4.78, 5) is 0. The van der Waals surface area contributed by atoms with Gasteiger partial charge in [0.2, 0.25) is 0 Å². The zero-order chi connectivity index (χ0) is 10.8. The van der Waals surface area contributed by atoms with E-state index in [1.807, 2.05) is 4.72 Å². The van der Waals surface area contributed by atoms with Gasteiger partial charge in [-0.2, -0.15) is 13.2 Å². The van der Waals surface area contributed by atoms with Crippen molar-refractivity contribution in [3.05, 3.63) is 34.9 Å². The number of hydrogen-bond acceptors (Lipinski definition) is 2. The summed E-state index contributed by atoms with van der Waals surface area (Å²) in [7, 11) is 0. The fraction of sp³-hybridized carbons (Fsp3) is 0.250. The summed E-state index contributed by atoms with van der Waals surface area (Å²) in [5.74, 6) is 0. The Morgan fingerprint density at radius 3 is 2.07 bits per heavy atom. The summed E-state index contributed by atoms with van der Waals surface area (Å²) in [6.07, 6.45) is -4.37. The average Bonchev–Trinajstić information content (AvgIpc) is 2.07. The molecule has 1 aromatic rings. The van der Waals surface area contributed by atoms with Gasteiger partial charge in [0.1, 0.15) is 6.04 Å². The first kappa shape index (κ1) is 11.7. The molecule has 0 aromatic heterocycles. The highest BCUT2D eigenvalue weighted by Gasteiger charge is 2.39. The number of benzene rings is 1. The third-order valence-corrected chi connectivity index (χ3v) is 2.17. The molecule has 0 unspecified atom stereocenters. The van der Waals surface area contributed by atoms with Gasteiger partial charge in [0, 0.05) is 5.02 Å². The first-order valence-electron chi connectivity index (χ1n) is 3.67. The predicted molar refractivity (Wildman–Crippen MR) is 52.4 cm³/mol. The molecule has 0 spiro atoms. The van der Waals surface area contributed by atoms with E-state index in [1.54, 1.807) is 0 Å². The van der Waals surface area contributed by atoms with Gasteiger partial charge in [-0.1, -0.05) is 36.5 Å². The lowest BCUT2D eigenvalue weighted by atomic mass is 10.1. The lowest BCUT2D eigenvalue weighted by Crippen LogP contribution is -2.28. The zero-order valence-corrected chi connectivity index (χ0v) is 8.50. The molecule has 14 heavy (non-hydrogen) atoms. The number of rotatable bonds is 2. The molecule has 78 valence electrons. The van der Waals surface area contributed by atoms with Gasteiger partial charge >= 0.3 is 6.18 Å². The Morgan fingerprint density at radius 1 is 1.21 bits per heavy atom. The van der Waals surface area contributed by atoms with Crippen LogP contribution >= 0.6 is 24.4 Å². The second kappa shape index (κ2) is 4.42. The summed E-state index contributed by atoms with van der Waals surface area (Å²) in [5, 5.41) is 0.397. The standard InChI is InChI=1S/C8H7ClF3NS/c9-6-3-1-5(2-4-6)7(13-14)8(10,11)12/h1-4,7,13-14H/t7-/m1/s1. The molecular weight excluding hydrogens is 235 g/mol. The Labute approximate surface area is 89.8 Å². The summed E-state index contributed by atoms with van der Waals surface area (Å²) < 4.78 is 39.0. The van der Waals surface area contributed by atoms with Gasteiger partial charge in [-0.25, -0.2) is 0 Å². The van der Waals surface area contributed by atoms with E-state index in [0.29, 0.717) is 5.02 Å². The molecule has 1 rings (SSSR count). The molecule has 0 heterocycles. The van der Waals surface area contributed by atoms with E-state index >= 15 is 0 Å². The van der Waals surface area contributed by atoms with Gasteiger partial charge in [-0.05, 0) is 17.7 Å². The normalized spacial score (nSPS) is 14.1. The predicted octanol–water partition coefficient (Wildman–Crippen LogP) is 3.38. The smallest absolute Gasteiger partial charge is 0.251 e. The SMILES string of the molecule is FC(F)(F)[C@H](NS)c1ccc(Cl)cc1. The van der Waals surface area contributed by atoms with E-state index < -0.39 is 12.2 Å². The van der Waals surface area contributed by atoms with Crippen LogP contribution in [0.4, 0.5) is 13.2 Å². The van der Waals surface area contributed by atoms with E-state index in [1.165, 1.54) is 24.3 Å². The topological polar surface area (TPSA) is 12.0 Å². The van der Waals surface area contributed by atoms with E-state index in [0.717, 1.165) is 0 Å². The van der Waals surface area contributed by atoms with Crippen LogP contribution in [-0.2, 0) is 0 Å². The van der Waals surface area contributed by atoms with E-state index in [2.05, 4.69) is 12.8 Å². The number of nitrogens with one attached hydrogen (secondary N) is 1. The zero-order valence-electron chi connectivity index (χ0n) is 6.85. The van der Waals surface area contributed by atoms with Crippen molar-refractivity contribution in [3.63, 3.8) is 0 Å². The largest absolute Gasteiger partial charge is 0.408 e. The molecule has 0 amide bonds. The fourth-order valence-electron chi connectivity index (χ4n) is 0.992. The quantitative estimate of drug-likeness (QED) is 0.757. The number of thiol groups is 1. The molecule has 1 N–H and O–H groups in total. The van der Waals surface area contributed by atoms with Gasteiger partial charge in [0.15, 0.2) is 0 Å². The Balaban J connectivity index is 2.96. The molecular formula is C8H7ClF3NS. The average molecular weight is 242 g/mol. The molecule has 0 aliphatic rings. The van der Waals surface area contributed by atoms with Crippen LogP contribution in [-0.4, -0.2) is 6.18 Å². The van der Waals surface area contributed by atoms with Crippen LogP contribution in [0.5, 0.6) is 0 Å². The van der Waals surface area contributed by atoms with Crippen molar-refractivity contribution in [1.82, 2.24) is 4.72 Å². The minimum absolute atomic E-state index is 0.0805. The molecule has 0 aliphatic heterocycles. The van der Waals surface area contributed by atoms with Crippen molar-refractivity contribution in [3.8, 4) is 0 Å². The van der Waals surface area contributed by atoms with Crippen molar-refractivity contribution in [2.45, 2.75) is 12.2 Å². The van der Waals surface area contributed by atoms with Crippen molar-refractivity contribution >= 4 is 24.4 Å². The van der Waals surface area contributed by atoms with Crippen molar-refractivity contribution < 1.29 is 13.2 Å². The van der Waals surface area contributed by atoms with E-state index in [4.69, 9.17) is 11.6 Å². The van der Waals surface area contributed by atoms with Crippen LogP contribution < -0.4 is 4.72 Å². The maximum absolute atomic E-state index is 12.4. The second-order valence-electron chi connectivity index (χ2n) is 2.66. The van der Waals surface area contributed by atoms with Gasteiger partial charge in [0.05, 0.1) is 0 Å². The highest BCUT2D eigenvalue weighted by molar-refractivity contribution is 7.78. The molecule has 0 fully saturated rings. The molecule has 1 nitrogen and oxygen atoms in total. The fourth-order valence-corrected chi connectivity index (χ4v) is 1.41.